The molecule has 2 atom stereocenters. The molecular weight excluding hydrogens is 277 g/mol. The van der Waals surface area contributed by atoms with E-state index in [1.54, 1.807) is 11.3 Å². The van der Waals surface area contributed by atoms with Crippen molar-refractivity contribution >= 4 is 39.7 Å². The molecule has 2 rings (SSSR count). The fourth-order valence-corrected chi connectivity index (χ4v) is 3.59. The Kier molecular flexibility index (Phi) is 4.18. The van der Waals surface area contributed by atoms with Crippen LogP contribution in [-0.2, 0) is 5.88 Å². The highest BCUT2D eigenvalue weighted by molar-refractivity contribution is 7.16. The number of halogens is 2. The number of piperazine rings is 1. The molecule has 0 bridgehead atoms. The van der Waals surface area contributed by atoms with Crippen LogP contribution in [0.15, 0.2) is 0 Å². The van der Waals surface area contributed by atoms with Crippen molar-refractivity contribution in [2.24, 2.45) is 0 Å². The quantitative estimate of drug-likeness (QED) is 0.782. The van der Waals surface area contributed by atoms with Gasteiger partial charge in [-0.2, -0.15) is 0 Å². The first-order chi connectivity index (χ1) is 8.02. The van der Waals surface area contributed by atoms with Gasteiger partial charge in [0.1, 0.15) is 5.15 Å². The van der Waals surface area contributed by atoms with E-state index >= 15 is 0 Å². The van der Waals surface area contributed by atoms with Crippen LogP contribution < -0.4 is 4.90 Å². The normalized spacial score (nSPS) is 26.5. The molecule has 2 unspecified atom stereocenters. The molecule has 1 aliphatic heterocycles. The Labute approximate surface area is 116 Å². The maximum Gasteiger partial charge on any atom is 0.187 e. The van der Waals surface area contributed by atoms with Crippen molar-refractivity contribution in [2.45, 2.75) is 31.8 Å². The number of likely N-dealkylation sites (N-methyl/N-ethyl adjacent to an activating group) is 1. The number of rotatable bonds is 2. The summed E-state index contributed by atoms with van der Waals surface area (Å²) in [5.74, 6) is 0.440. The number of thiazole rings is 1. The lowest BCUT2D eigenvalue weighted by atomic mass is 10.1. The molecule has 1 aliphatic rings. The molecule has 0 spiro atoms. The Morgan fingerprint density at radius 1 is 1.35 bits per heavy atom. The summed E-state index contributed by atoms with van der Waals surface area (Å²) in [5.41, 5.74) is 0. The Morgan fingerprint density at radius 3 is 2.41 bits per heavy atom. The SMILES string of the molecule is CC1CN(c2nc(Cl)c(CCl)s2)CC(C)N1C. The van der Waals surface area contributed by atoms with Crippen LogP contribution in [0.4, 0.5) is 5.13 Å². The van der Waals surface area contributed by atoms with E-state index in [1.165, 1.54) is 0 Å². The van der Waals surface area contributed by atoms with E-state index in [1.807, 2.05) is 0 Å². The molecule has 0 saturated carbocycles. The highest BCUT2D eigenvalue weighted by Crippen LogP contribution is 2.32. The van der Waals surface area contributed by atoms with Gasteiger partial charge in [-0.25, -0.2) is 4.98 Å². The fraction of sp³-hybridized carbons (Fsp3) is 0.727. The summed E-state index contributed by atoms with van der Waals surface area (Å²) in [4.78, 5) is 10.1. The molecule has 1 aromatic rings. The van der Waals surface area contributed by atoms with E-state index < -0.39 is 0 Å². The van der Waals surface area contributed by atoms with Crippen molar-refractivity contribution in [1.29, 1.82) is 0 Å². The average Bonchev–Trinajstić information content (AvgIpc) is 2.66. The Hall–Kier alpha value is -0.0300. The number of hydrogen-bond donors (Lipinski definition) is 0. The van der Waals surface area contributed by atoms with Gasteiger partial charge in [-0.1, -0.05) is 22.9 Å². The van der Waals surface area contributed by atoms with Gasteiger partial charge >= 0.3 is 0 Å². The number of anilines is 1. The molecule has 1 saturated heterocycles. The molecule has 1 fully saturated rings. The topological polar surface area (TPSA) is 19.4 Å². The summed E-state index contributed by atoms with van der Waals surface area (Å²) in [6.45, 7) is 6.46. The lowest BCUT2D eigenvalue weighted by Crippen LogP contribution is -2.55. The maximum absolute atomic E-state index is 6.04. The number of aromatic nitrogens is 1. The van der Waals surface area contributed by atoms with Crippen molar-refractivity contribution in [3.05, 3.63) is 10.0 Å². The van der Waals surface area contributed by atoms with Gasteiger partial charge in [0.25, 0.3) is 0 Å². The van der Waals surface area contributed by atoms with Gasteiger partial charge in [0.05, 0.1) is 10.8 Å². The van der Waals surface area contributed by atoms with Crippen LogP contribution >= 0.6 is 34.5 Å². The van der Waals surface area contributed by atoms with Crippen LogP contribution in [0.5, 0.6) is 0 Å². The monoisotopic (exact) mass is 293 g/mol. The first-order valence-electron chi connectivity index (χ1n) is 5.71. The number of nitrogens with zero attached hydrogens (tertiary/aromatic N) is 3. The number of hydrogen-bond acceptors (Lipinski definition) is 4. The smallest absolute Gasteiger partial charge is 0.187 e. The highest BCUT2D eigenvalue weighted by Gasteiger charge is 2.28. The van der Waals surface area contributed by atoms with Crippen molar-refractivity contribution in [1.82, 2.24) is 9.88 Å². The Bertz CT molecular complexity index is 384. The van der Waals surface area contributed by atoms with Gasteiger partial charge in [-0.15, -0.1) is 11.6 Å². The minimum Gasteiger partial charge on any atom is -0.345 e. The van der Waals surface area contributed by atoms with E-state index in [4.69, 9.17) is 23.2 Å². The lowest BCUT2D eigenvalue weighted by Gasteiger charge is -2.42. The molecular formula is C11H17Cl2N3S. The minimum atomic E-state index is 0.440. The van der Waals surface area contributed by atoms with Crippen LogP contribution in [0.1, 0.15) is 18.7 Å². The molecule has 2 heterocycles. The molecule has 6 heteroatoms. The van der Waals surface area contributed by atoms with E-state index in [-0.39, 0.29) is 0 Å². The molecule has 0 N–H and O–H groups in total. The summed E-state index contributed by atoms with van der Waals surface area (Å²) in [5, 5.41) is 1.55. The van der Waals surface area contributed by atoms with Gasteiger partial charge in [-0.3, -0.25) is 4.90 Å². The standard InChI is InChI=1S/C11H17Cl2N3S/c1-7-5-16(6-8(2)15(7)3)11-14-10(13)9(4-12)17-11/h7-8H,4-6H2,1-3H3. The van der Waals surface area contributed by atoms with Crippen LogP contribution in [0.3, 0.4) is 0 Å². The summed E-state index contributed by atoms with van der Waals surface area (Å²) in [7, 11) is 2.17. The third kappa shape index (κ3) is 2.70. The zero-order valence-electron chi connectivity index (χ0n) is 10.3. The third-order valence-electron chi connectivity index (χ3n) is 3.39. The first kappa shape index (κ1) is 13.4. The predicted octanol–water partition coefficient (Wildman–Crippen LogP) is 3.06. The van der Waals surface area contributed by atoms with E-state index in [0.717, 1.165) is 23.1 Å². The van der Waals surface area contributed by atoms with Crippen LogP contribution in [0, 0.1) is 0 Å². The second-order valence-corrected chi connectivity index (χ2v) is 6.30. The van der Waals surface area contributed by atoms with Crippen molar-refractivity contribution < 1.29 is 0 Å². The van der Waals surface area contributed by atoms with Crippen LogP contribution in [0.25, 0.3) is 0 Å². The number of alkyl halides is 1. The van der Waals surface area contributed by atoms with E-state index in [0.29, 0.717) is 23.1 Å². The second-order valence-electron chi connectivity index (χ2n) is 4.61. The van der Waals surface area contributed by atoms with Gasteiger partial charge in [0.15, 0.2) is 5.13 Å². The summed E-state index contributed by atoms with van der Waals surface area (Å²) < 4.78 is 0. The van der Waals surface area contributed by atoms with E-state index in [2.05, 4.69) is 35.7 Å². The Morgan fingerprint density at radius 2 is 1.94 bits per heavy atom. The molecule has 96 valence electrons. The van der Waals surface area contributed by atoms with Gasteiger partial charge in [-0.05, 0) is 20.9 Å². The fourth-order valence-electron chi connectivity index (χ4n) is 2.10. The van der Waals surface area contributed by atoms with Gasteiger partial charge in [0, 0.05) is 25.2 Å². The zero-order chi connectivity index (χ0) is 12.6. The van der Waals surface area contributed by atoms with E-state index in [9.17, 15) is 0 Å². The second kappa shape index (κ2) is 5.31. The summed E-state index contributed by atoms with van der Waals surface area (Å²) in [6.07, 6.45) is 0. The highest BCUT2D eigenvalue weighted by atomic mass is 35.5. The van der Waals surface area contributed by atoms with Crippen molar-refractivity contribution in [3.8, 4) is 0 Å². The largest absolute Gasteiger partial charge is 0.345 e. The zero-order valence-corrected chi connectivity index (χ0v) is 12.6. The molecule has 0 radical (unpaired) electrons. The van der Waals surface area contributed by atoms with Crippen molar-refractivity contribution in [2.75, 3.05) is 25.0 Å². The summed E-state index contributed by atoms with van der Waals surface area (Å²) in [6, 6.07) is 1.06. The average molecular weight is 294 g/mol. The summed E-state index contributed by atoms with van der Waals surface area (Å²) >= 11 is 13.5. The first-order valence-corrected chi connectivity index (χ1v) is 7.44. The minimum absolute atomic E-state index is 0.440. The molecule has 0 aliphatic carbocycles. The van der Waals surface area contributed by atoms with Crippen LogP contribution in [0.2, 0.25) is 5.15 Å². The van der Waals surface area contributed by atoms with Gasteiger partial charge in [0.2, 0.25) is 0 Å². The predicted molar refractivity (Wildman–Crippen MR) is 75.6 cm³/mol. The molecule has 0 aromatic carbocycles. The molecule has 3 nitrogen and oxygen atoms in total. The van der Waals surface area contributed by atoms with Crippen molar-refractivity contribution in [3.63, 3.8) is 0 Å². The Balaban J connectivity index is 2.17. The van der Waals surface area contributed by atoms with Gasteiger partial charge < -0.3 is 4.90 Å². The molecule has 1 aromatic heterocycles. The third-order valence-corrected chi connectivity index (χ3v) is 5.36. The maximum atomic E-state index is 6.04. The molecule has 17 heavy (non-hydrogen) atoms. The lowest BCUT2D eigenvalue weighted by molar-refractivity contribution is 0.170. The molecule has 0 amide bonds. The van der Waals surface area contributed by atoms with Crippen LogP contribution in [-0.4, -0.2) is 42.1 Å².